The Morgan fingerprint density at radius 3 is 2.91 bits per heavy atom. The number of rotatable bonds is 4. The number of nitriles is 2. The Morgan fingerprint density at radius 1 is 1.32 bits per heavy atom. The molecular formula is C16H12N4O2. The number of hydrogen-bond acceptors (Lipinski definition) is 5. The van der Waals surface area contributed by atoms with Gasteiger partial charge < -0.3 is 4.42 Å². The van der Waals surface area contributed by atoms with Crippen molar-refractivity contribution in [2.45, 2.75) is 19.4 Å². The maximum atomic E-state index is 12.5. The van der Waals surface area contributed by atoms with Crippen molar-refractivity contribution in [2.75, 3.05) is 0 Å². The summed E-state index contributed by atoms with van der Waals surface area (Å²) in [6.07, 6.45) is 2.15. The van der Waals surface area contributed by atoms with Gasteiger partial charge in [0.15, 0.2) is 0 Å². The topological polar surface area (TPSA) is 95.6 Å². The molecule has 0 aliphatic heterocycles. The SMILES string of the molecule is N#CCCC(C#N)Cn1cnc2c(oc3ccccc32)c1=O. The molecule has 1 aromatic carbocycles. The van der Waals surface area contributed by atoms with Crippen molar-refractivity contribution in [1.82, 2.24) is 9.55 Å². The smallest absolute Gasteiger partial charge is 0.297 e. The molecule has 108 valence electrons. The molecule has 0 saturated carbocycles. The molecule has 1 unspecified atom stereocenters. The van der Waals surface area contributed by atoms with Crippen LogP contribution in [0.2, 0.25) is 0 Å². The molecule has 2 heterocycles. The highest BCUT2D eigenvalue weighted by Gasteiger charge is 2.15. The van der Waals surface area contributed by atoms with E-state index in [1.54, 1.807) is 6.07 Å². The van der Waals surface area contributed by atoms with E-state index in [2.05, 4.69) is 11.1 Å². The van der Waals surface area contributed by atoms with E-state index in [9.17, 15) is 4.79 Å². The fraction of sp³-hybridized carbons (Fsp3) is 0.250. The lowest BCUT2D eigenvalue weighted by molar-refractivity contribution is 0.494. The largest absolute Gasteiger partial charge is 0.448 e. The Balaban J connectivity index is 2.04. The Bertz CT molecular complexity index is 972. The highest BCUT2D eigenvalue weighted by molar-refractivity contribution is 6.01. The normalized spacial score (nSPS) is 12.1. The van der Waals surface area contributed by atoms with Crippen LogP contribution in [0.3, 0.4) is 0 Å². The van der Waals surface area contributed by atoms with Crippen LogP contribution in [0.25, 0.3) is 22.1 Å². The average molecular weight is 292 g/mol. The van der Waals surface area contributed by atoms with Crippen LogP contribution in [0.4, 0.5) is 0 Å². The number of fused-ring (bicyclic) bond motifs is 3. The quantitative estimate of drug-likeness (QED) is 0.736. The van der Waals surface area contributed by atoms with Gasteiger partial charge in [-0.2, -0.15) is 10.5 Å². The third-order valence-electron chi connectivity index (χ3n) is 3.55. The third kappa shape index (κ3) is 2.32. The number of benzene rings is 1. The fourth-order valence-electron chi connectivity index (χ4n) is 2.42. The number of nitrogens with zero attached hydrogens (tertiary/aromatic N) is 4. The molecule has 0 spiro atoms. The fourth-order valence-corrected chi connectivity index (χ4v) is 2.42. The first kappa shape index (κ1) is 13.8. The molecule has 1 atom stereocenters. The van der Waals surface area contributed by atoms with Crippen LogP contribution in [0, 0.1) is 28.6 Å². The summed E-state index contributed by atoms with van der Waals surface area (Å²) in [6.45, 7) is 0.205. The lowest BCUT2D eigenvalue weighted by Gasteiger charge is -2.08. The molecule has 0 aliphatic carbocycles. The number of furan rings is 1. The molecule has 0 saturated heterocycles. The first-order valence-corrected chi connectivity index (χ1v) is 6.88. The summed E-state index contributed by atoms with van der Waals surface area (Å²) < 4.78 is 6.96. The van der Waals surface area contributed by atoms with Gasteiger partial charge in [-0.05, 0) is 18.6 Å². The van der Waals surface area contributed by atoms with Gasteiger partial charge >= 0.3 is 0 Å². The maximum Gasteiger partial charge on any atom is 0.297 e. The predicted octanol–water partition coefficient (Wildman–Crippen LogP) is 2.59. The molecule has 0 N–H and O–H groups in total. The van der Waals surface area contributed by atoms with Crippen LogP contribution in [0.5, 0.6) is 0 Å². The molecule has 6 nitrogen and oxygen atoms in total. The standard InChI is InChI=1S/C16H12N4O2/c17-7-3-4-11(8-18)9-20-10-19-14-12-5-1-2-6-13(12)22-15(14)16(20)21/h1-2,5-6,10-11H,3-4,9H2. The zero-order valence-corrected chi connectivity index (χ0v) is 11.7. The highest BCUT2D eigenvalue weighted by atomic mass is 16.3. The summed E-state index contributed by atoms with van der Waals surface area (Å²) in [7, 11) is 0. The van der Waals surface area contributed by atoms with Crippen LogP contribution < -0.4 is 5.56 Å². The zero-order valence-electron chi connectivity index (χ0n) is 11.7. The highest BCUT2D eigenvalue weighted by Crippen LogP contribution is 2.24. The monoisotopic (exact) mass is 292 g/mol. The Labute approximate surface area is 125 Å². The second-order valence-corrected chi connectivity index (χ2v) is 5.00. The minimum absolute atomic E-state index is 0.195. The Hall–Kier alpha value is -3.12. The van der Waals surface area contributed by atoms with E-state index >= 15 is 0 Å². The van der Waals surface area contributed by atoms with Gasteiger partial charge in [-0.25, -0.2) is 4.98 Å². The van der Waals surface area contributed by atoms with Crippen molar-refractivity contribution in [3.05, 3.63) is 40.9 Å². The summed E-state index contributed by atoms with van der Waals surface area (Å²) in [6, 6.07) is 11.4. The van der Waals surface area contributed by atoms with Gasteiger partial charge in [-0.1, -0.05) is 12.1 Å². The average Bonchev–Trinajstić information content (AvgIpc) is 2.93. The zero-order chi connectivity index (χ0) is 15.5. The van der Waals surface area contributed by atoms with Crippen LogP contribution in [-0.2, 0) is 6.54 Å². The summed E-state index contributed by atoms with van der Waals surface area (Å²) in [4.78, 5) is 16.8. The summed E-state index contributed by atoms with van der Waals surface area (Å²) in [5, 5.41) is 18.5. The van der Waals surface area contributed by atoms with Crippen molar-refractivity contribution >= 4 is 22.1 Å². The van der Waals surface area contributed by atoms with E-state index in [-0.39, 0.29) is 24.1 Å². The van der Waals surface area contributed by atoms with Crippen molar-refractivity contribution < 1.29 is 4.42 Å². The molecule has 3 aromatic rings. The van der Waals surface area contributed by atoms with E-state index in [4.69, 9.17) is 14.9 Å². The van der Waals surface area contributed by atoms with Gasteiger partial charge in [0, 0.05) is 18.4 Å². The number of hydrogen-bond donors (Lipinski definition) is 0. The second kappa shape index (κ2) is 5.71. The van der Waals surface area contributed by atoms with Crippen LogP contribution in [0.15, 0.2) is 39.8 Å². The van der Waals surface area contributed by atoms with E-state index in [0.717, 1.165) is 5.39 Å². The van der Waals surface area contributed by atoms with Crippen molar-refractivity contribution in [3.63, 3.8) is 0 Å². The lowest BCUT2D eigenvalue weighted by Crippen LogP contribution is -2.23. The van der Waals surface area contributed by atoms with E-state index < -0.39 is 5.92 Å². The first-order chi connectivity index (χ1) is 10.7. The van der Waals surface area contributed by atoms with Gasteiger partial charge in [-0.3, -0.25) is 9.36 Å². The molecule has 22 heavy (non-hydrogen) atoms. The van der Waals surface area contributed by atoms with Crippen molar-refractivity contribution in [2.24, 2.45) is 5.92 Å². The number of aromatic nitrogens is 2. The van der Waals surface area contributed by atoms with Crippen LogP contribution in [-0.4, -0.2) is 9.55 Å². The minimum Gasteiger partial charge on any atom is -0.448 e. The molecule has 0 bridgehead atoms. The molecule has 0 amide bonds. The molecule has 0 aliphatic rings. The number of para-hydroxylation sites is 1. The van der Waals surface area contributed by atoms with Crippen LogP contribution in [0.1, 0.15) is 12.8 Å². The predicted molar refractivity (Wildman–Crippen MR) is 79.7 cm³/mol. The van der Waals surface area contributed by atoms with E-state index in [1.807, 2.05) is 24.3 Å². The lowest BCUT2D eigenvalue weighted by atomic mass is 10.1. The van der Waals surface area contributed by atoms with Crippen molar-refractivity contribution in [3.8, 4) is 12.1 Å². The maximum absolute atomic E-state index is 12.5. The molecule has 6 heteroatoms. The molecular weight excluding hydrogens is 280 g/mol. The molecule has 0 fully saturated rings. The van der Waals surface area contributed by atoms with Gasteiger partial charge in [0.2, 0.25) is 5.58 Å². The van der Waals surface area contributed by atoms with E-state index in [0.29, 0.717) is 17.5 Å². The van der Waals surface area contributed by atoms with Gasteiger partial charge in [0.1, 0.15) is 11.1 Å². The Morgan fingerprint density at radius 2 is 2.14 bits per heavy atom. The summed E-state index contributed by atoms with van der Waals surface area (Å²) in [5.74, 6) is -0.402. The van der Waals surface area contributed by atoms with E-state index in [1.165, 1.54) is 10.9 Å². The van der Waals surface area contributed by atoms with Gasteiger partial charge in [0.25, 0.3) is 5.56 Å². The van der Waals surface area contributed by atoms with Crippen LogP contribution >= 0.6 is 0 Å². The van der Waals surface area contributed by atoms with Gasteiger partial charge in [0.05, 0.1) is 24.4 Å². The summed E-state index contributed by atoms with van der Waals surface area (Å²) >= 11 is 0. The molecule has 2 aromatic heterocycles. The van der Waals surface area contributed by atoms with Crippen molar-refractivity contribution in [1.29, 1.82) is 10.5 Å². The first-order valence-electron chi connectivity index (χ1n) is 6.88. The summed E-state index contributed by atoms with van der Waals surface area (Å²) in [5.41, 5.74) is 1.03. The minimum atomic E-state index is -0.402. The molecule has 3 rings (SSSR count). The molecule has 0 radical (unpaired) electrons. The Kier molecular flexibility index (Phi) is 3.59. The van der Waals surface area contributed by atoms with Gasteiger partial charge in [-0.15, -0.1) is 0 Å². The second-order valence-electron chi connectivity index (χ2n) is 5.00. The third-order valence-corrected chi connectivity index (χ3v) is 3.55.